The zero-order chi connectivity index (χ0) is 25.2. The van der Waals surface area contributed by atoms with Gasteiger partial charge in [-0.2, -0.15) is 5.10 Å². The van der Waals surface area contributed by atoms with Crippen LogP contribution in [-0.4, -0.2) is 64.9 Å². The molecule has 2 heterocycles. The molecule has 0 spiro atoms. The highest BCUT2D eigenvalue weighted by Crippen LogP contribution is 2.34. The van der Waals surface area contributed by atoms with E-state index < -0.39 is 6.10 Å². The van der Waals surface area contributed by atoms with Crippen molar-refractivity contribution in [1.82, 2.24) is 14.7 Å². The number of unbranched alkanes of at least 4 members (excludes halogenated alkanes) is 1. The minimum absolute atomic E-state index is 0.161. The number of aliphatic hydroxyl groups is 1. The largest absolute Gasteiger partial charge is 0.439 e. The first-order chi connectivity index (χ1) is 17.6. The number of hydrogen-bond donors (Lipinski definition) is 1. The van der Waals surface area contributed by atoms with Gasteiger partial charge in [-0.3, -0.25) is 4.90 Å². The number of aromatic nitrogens is 2. The highest BCUT2D eigenvalue weighted by Gasteiger charge is 2.26. The number of aliphatic hydroxyl groups excluding tert-OH is 1. The van der Waals surface area contributed by atoms with Crippen molar-refractivity contribution in [1.29, 1.82) is 0 Å². The molecule has 1 aliphatic rings. The lowest BCUT2D eigenvalue weighted by atomic mass is 10.1. The topological polar surface area (TPSA) is 69.0 Å². The number of benzene rings is 2. The Hall–Kier alpha value is -2.71. The fraction of sp³-hybridized carbons (Fsp3) is 0.483. The first kappa shape index (κ1) is 26.4. The number of para-hydroxylation sites is 1. The van der Waals surface area contributed by atoms with Crippen LogP contribution in [0.4, 0.5) is 0 Å². The maximum atomic E-state index is 10.8. The first-order valence-corrected chi connectivity index (χ1v) is 13.1. The fourth-order valence-electron chi connectivity index (χ4n) is 4.57. The summed E-state index contributed by atoms with van der Waals surface area (Å²) in [7, 11) is 1.91. The molecule has 194 valence electrons. The summed E-state index contributed by atoms with van der Waals surface area (Å²) >= 11 is 0. The normalized spacial score (nSPS) is 16.5. The first-order valence-electron chi connectivity index (χ1n) is 13.1. The number of nitrogens with zero attached hydrogens (tertiary/aromatic N) is 3. The predicted molar refractivity (Wildman–Crippen MR) is 141 cm³/mol. The van der Waals surface area contributed by atoms with Gasteiger partial charge in [-0.05, 0) is 31.4 Å². The van der Waals surface area contributed by atoms with E-state index in [-0.39, 0.29) is 6.10 Å². The Morgan fingerprint density at radius 1 is 1.14 bits per heavy atom. The van der Waals surface area contributed by atoms with E-state index in [0.717, 1.165) is 61.4 Å². The van der Waals surface area contributed by atoms with Crippen molar-refractivity contribution in [3.05, 3.63) is 66.2 Å². The van der Waals surface area contributed by atoms with Crippen LogP contribution >= 0.6 is 0 Å². The number of aryl methyl sites for hydroxylation is 1. The average molecular weight is 494 g/mol. The van der Waals surface area contributed by atoms with Gasteiger partial charge in [-0.1, -0.05) is 61.9 Å². The highest BCUT2D eigenvalue weighted by atomic mass is 16.5. The Bertz CT molecular complexity index is 1040. The molecular weight excluding hydrogens is 454 g/mol. The molecule has 4 rings (SSSR count). The Morgan fingerprint density at radius 2 is 1.89 bits per heavy atom. The lowest BCUT2D eigenvalue weighted by Gasteiger charge is -2.27. The van der Waals surface area contributed by atoms with Gasteiger partial charge in [-0.25, -0.2) is 4.68 Å². The van der Waals surface area contributed by atoms with Crippen LogP contribution in [0, 0.1) is 0 Å². The van der Waals surface area contributed by atoms with Crippen molar-refractivity contribution in [2.75, 3.05) is 32.9 Å². The lowest BCUT2D eigenvalue weighted by molar-refractivity contribution is 0.00144. The fourth-order valence-corrected chi connectivity index (χ4v) is 4.57. The molecule has 2 unspecified atom stereocenters. The van der Waals surface area contributed by atoms with E-state index in [1.165, 1.54) is 0 Å². The van der Waals surface area contributed by atoms with E-state index >= 15 is 0 Å². The van der Waals surface area contributed by atoms with E-state index in [1.807, 2.05) is 55.6 Å². The molecule has 2 atom stereocenters. The van der Waals surface area contributed by atoms with Gasteiger partial charge in [0.15, 0.2) is 0 Å². The maximum absolute atomic E-state index is 10.8. The van der Waals surface area contributed by atoms with Gasteiger partial charge in [-0.15, -0.1) is 0 Å². The van der Waals surface area contributed by atoms with E-state index in [1.54, 1.807) is 4.68 Å². The van der Waals surface area contributed by atoms with Crippen LogP contribution in [0.1, 0.15) is 38.2 Å². The van der Waals surface area contributed by atoms with Crippen LogP contribution in [0.5, 0.6) is 11.6 Å². The number of rotatable bonds is 14. The summed E-state index contributed by atoms with van der Waals surface area (Å²) in [6.07, 6.45) is 3.77. The molecule has 2 aromatic carbocycles. The molecule has 36 heavy (non-hydrogen) atoms. The van der Waals surface area contributed by atoms with Crippen LogP contribution in [0.3, 0.4) is 0 Å². The van der Waals surface area contributed by atoms with Gasteiger partial charge in [0, 0.05) is 45.5 Å². The van der Waals surface area contributed by atoms with Crippen LogP contribution in [-0.2, 0) is 23.1 Å². The molecule has 3 aromatic rings. The Balaban J connectivity index is 1.60. The summed E-state index contributed by atoms with van der Waals surface area (Å²) in [6.45, 7) is 5.73. The third kappa shape index (κ3) is 7.40. The molecule has 7 heteroatoms. The Labute approximate surface area is 214 Å². The summed E-state index contributed by atoms with van der Waals surface area (Å²) in [5.74, 6) is 1.46. The smallest absolute Gasteiger partial charge is 0.222 e. The molecule has 1 fully saturated rings. The second kappa shape index (κ2) is 13.6. The standard InChI is InChI=1S/C29H39N3O4/c1-3-4-17-34-22-24(33)19-32(20-26-16-11-18-35-26)21-27-28(23-12-7-5-8-13-23)30-31(2)29(27)36-25-14-9-6-10-15-25/h5-10,12-15,24,26,33H,3-4,11,16-22H2,1-2H3. The summed E-state index contributed by atoms with van der Waals surface area (Å²) in [5.41, 5.74) is 2.91. The molecule has 0 aliphatic carbocycles. The second-order valence-corrected chi connectivity index (χ2v) is 9.45. The molecule has 1 aromatic heterocycles. The molecule has 1 aliphatic heterocycles. The van der Waals surface area contributed by atoms with Crippen LogP contribution < -0.4 is 4.74 Å². The van der Waals surface area contributed by atoms with Crippen molar-refractivity contribution in [3.63, 3.8) is 0 Å². The van der Waals surface area contributed by atoms with Crippen molar-refractivity contribution in [3.8, 4) is 22.9 Å². The summed E-state index contributed by atoms with van der Waals surface area (Å²) < 4.78 is 19.8. The predicted octanol–water partition coefficient (Wildman–Crippen LogP) is 5.04. The third-order valence-electron chi connectivity index (χ3n) is 6.38. The molecule has 0 bridgehead atoms. The minimum Gasteiger partial charge on any atom is -0.439 e. The maximum Gasteiger partial charge on any atom is 0.222 e. The van der Waals surface area contributed by atoms with Gasteiger partial charge in [0.05, 0.1) is 24.4 Å². The third-order valence-corrected chi connectivity index (χ3v) is 6.38. The van der Waals surface area contributed by atoms with Gasteiger partial charge >= 0.3 is 0 Å². The van der Waals surface area contributed by atoms with E-state index in [0.29, 0.717) is 32.2 Å². The molecule has 0 amide bonds. The number of hydrogen-bond acceptors (Lipinski definition) is 6. The Kier molecular flexibility index (Phi) is 9.93. The van der Waals surface area contributed by atoms with E-state index in [2.05, 4.69) is 24.0 Å². The SMILES string of the molecule is CCCCOCC(O)CN(Cc1c(-c2ccccc2)nn(C)c1Oc1ccccc1)CC1CCCO1. The minimum atomic E-state index is -0.585. The zero-order valence-corrected chi connectivity index (χ0v) is 21.5. The Morgan fingerprint density at radius 3 is 2.58 bits per heavy atom. The lowest BCUT2D eigenvalue weighted by Crippen LogP contribution is -2.39. The summed E-state index contributed by atoms with van der Waals surface area (Å²) in [5, 5.41) is 15.7. The van der Waals surface area contributed by atoms with Crippen molar-refractivity contribution in [2.24, 2.45) is 7.05 Å². The average Bonchev–Trinajstić information content (AvgIpc) is 3.51. The van der Waals surface area contributed by atoms with Crippen LogP contribution in [0.15, 0.2) is 60.7 Å². The zero-order valence-electron chi connectivity index (χ0n) is 21.5. The number of ether oxygens (including phenoxy) is 3. The molecule has 0 saturated carbocycles. The monoisotopic (exact) mass is 493 g/mol. The summed E-state index contributed by atoms with van der Waals surface area (Å²) in [4.78, 5) is 2.26. The van der Waals surface area contributed by atoms with Gasteiger partial charge in [0.2, 0.25) is 5.88 Å². The highest BCUT2D eigenvalue weighted by molar-refractivity contribution is 5.65. The second-order valence-electron chi connectivity index (χ2n) is 9.45. The molecule has 1 N–H and O–H groups in total. The molecular formula is C29H39N3O4. The quantitative estimate of drug-likeness (QED) is 0.318. The van der Waals surface area contributed by atoms with Gasteiger partial charge < -0.3 is 19.3 Å². The molecule has 1 saturated heterocycles. The van der Waals surface area contributed by atoms with Crippen molar-refractivity contribution < 1.29 is 19.3 Å². The van der Waals surface area contributed by atoms with Crippen molar-refractivity contribution >= 4 is 0 Å². The summed E-state index contributed by atoms with van der Waals surface area (Å²) in [6, 6.07) is 20.0. The molecule has 7 nitrogen and oxygen atoms in total. The van der Waals surface area contributed by atoms with Crippen LogP contribution in [0.25, 0.3) is 11.3 Å². The van der Waals surface area contributed by atoms with Crippen molar-refractivity contribution in [2.45, 2.75) is 51.4 Å². The van der Waals surface area contributed by atoms with E-state index in [9.17, 15) is 5.11 Å². The van der Waals surface area contributed by atoms with E-state index in [4.69, 9.17) is 19.3 Å². The van der Waals surface area contributed by atoms with Crippen LogP contribution in [0.2, 0.25) is 0 Å². The molecule has 0 radical (unpaired) electrons. The van der Waals surface area contributed by atoms with Gasteiger partial charge in [0.25, 0.3) is 0 Å². The van der Waals surface area contributed by atoms with Gasteiger partial charge in [0.1, 0.15) is 11.4 Å².